The van der Waals surface area contributed by atoms with Gasteiger partial charge in [0.15, 0.2) is 0 Å². The highest BCUT2D eigenvalue weighted by Gasteiger charge is 2.36. The van der Waals surface area contributed by atoms with Gasteiger partial charge < -0.3 is 14.3 Å². The predicted molar refractivity (Wildman–Crippen MR) is 140 cm³/mol. The molecule has 0 saturated carbocycles. The number of fused-ring (bicyclic) bond motifs is 10. The number of rotatable bonds is 3. The highest BCUT2D eigenvalue weighted by atomic mass is 16.5. The fraction of sp³-hybridized carbons (Fsp3) is 0.133. The molecule has 2 aromatic heterocycles. The Kier molecular flexibility index (Phi) is 3.82. The van der Waals surface area contributed by atoms with Crippen LogP contribution in [-0.2, 0) is 19.6 Å². The van der Waals surface area contributed by atoms with E-state index in [1.165, 1.54) is 11.1 Å². The van der Waals surface area contributed by atoms with E-state index < -0.39 is 0 Å². The van der Waals surface area contributed by atoms with Gasteiger partial charge in [-0.3, -0.25) is 14.9 Å². The normalized spacial score (nSPS) is 14.8. The summed E-state index contributed by atoms with van der Waals surface area (Å²) in [5.41, 5.74) is 7.17. The molecule has 4 aromatic carbocycles. The smallest absolute Gasteiger partial charge is 0.259 e. The number of carbonyl (C=O) groups excluding carboxylic acids is 2. The first kappa shape index (κ1) is 19.7. The van der Waals surface area contributed by atoms with Crippen LogP contribution in [-0.4, -0.2) is 21.4 Å². The Labute approximate surface area is 205 Å². The van der Waals surface area contributed by atoms with Crippen molar-refractivity contribution in [3.63, 3.8) is 0 Å². The molecule has 0 fully saturated rings. The minimum absolute atomic E-state index is 0.323. The van der Waals surface area contributed by atoms with Crippen LogP contribution in [0.4, 0.5) is 0 Å². The lowest BCUT2D eigenvalue weighted by atomic mass is 9.96. The zero-order valence-corrected chi connectivity index (χ0v) is 19.4. The Morgan fingerprint density at radius 1 is 0.778 bits per heavy atom. The summed E-state index contributed by atoms with van der Waals surface area (Å²) in [5.74, 6) is 0.0522. The predicted octanol–water partition coefficient (Wildman–Crippen LogP) is 5.84. The summed E-state index contributed by atoms with van der Waals surface area (Å²) in [6.07, 6.45) is 2.04. The van der Waals surface area contributed by atoms with Crippen molar-refractivity contribution in [3.8, 4) is 5.75 Å². The monoisotopic (exact) mass is 471 g/mol. The third-order valence-corrected chi connectivity index (χ3v) is 7.69. The van der Waals surface area contributed by atoms with Crippen LogP contribution in [0.5, 0.6) is 5.75 Å². The molecule has 0 radical (unpaired) electrons. The van der Waals surface area contributed by atoms with Crippen molar-refractivity contribution in [2.24, 2.45) is 0 Å². The Bertz CT molecular complexity index is 1930. The Hall–Kier alpha value is -4.58. The minimum Gasteiger partial charge on any atom is -0.487 e. The summed E-state index contributed by atoms with van der Waals surface area (Å²) in [6, 6.07) is 22.2. The van der Waals surface area contributed by atoms with Gasteiger partial charge in [0.1, 0.15) is 12.4 Å². The molecular weight excluding hydrogens is 450 g/mol. The van der Waals surface area contributed by atoms with Gasteiger partial charge >= 0.3 is 0 Å². The highest BCUT2D eigenvalue weighted by Crippen LogP contribution is 2.46. The van der Waals surface area contributed by atoms with Crippen molar-refractivity contribution >= 4 is 55.4 Å². The number of imide groups is 1. The van der Waals surface area contributed by atoms with E-state index in [0.717, 1.165) is 68.8 Å². The van der Waals surface area contributed by atoms with Crippen LogP contribution in [0.3, 0.4) is 0 Å². The second kappa shape index (κ2) is 6.98. The molecule has 174 valence electrons. The van der Waals surface area contributed by atoms with Crippen LogP contribution in [0.15, 0.2) is 66.7 Å². The summed E-state index contributed by atoms with van der Waals surface area (Å²) in [4.78, 5) is 30.0. The van der Waals surface area contributed by atoms with Crippen LogP contribution < -0.4 is 10.1 Å². The number of aromatic nitrogens is 2. The summed E-state index contributed by atoms with van der Waals surface area (Å²) in [6.45, 7) is 1.30. The van der Waals surface area contributed by atoms with Gasteiger partial charge in [-0.25, -0.2) is 0 Å². The quantitative estimate of drug-likeness (QED) is 0.319. The van der Waals surface area contributed by atoms with Crippen molar-refractivity contribution in [1.82, 2.24) is 14.9 Å². The van der Waals surface area contributed by atoms with Crippen LogP contribution in [0.1, 0.15) is 38.3 Å². The zero-order chi connectivity index (χ0) is 24.0. The number of para-hydroxylation sites is 2. The van der Waals surface area contributed by atoms with Gasteiger partial charge in [0.05, 0.1) is 33.2 Å². The summed E-state index contributed by atoms with van der Waals surface area (Å²) in [5, 5.41) is 6.13. The number of ether oxygens (including phenoxy) is 1. The lowest BCUT2D eigenvalue weighted by Gasteiger charge is -2.16. The van der Waals surface area contributed by atoms with E-state index in [9.17, 15) is 9.59 Å². The molecule has 0 bridgehead atoms. The highest BCUT2D eigenvalue weighted by molar-refractivity contribution is 6.39. The maximum absolute atomic E-state index is 13.2. The van der Waals surface area contributed by atoms with Gasteiger partial charge in [-0.15, -0.1) is 0 Å². The molecule has 2 N–H and O–H groups in total. The topological polar surface area (TPSA) is 76.1 Å². The third-order valence-electron chi connectivity index (χ3n) is 7.69. The van der Waals surface area contributed by atoms with E-state index in [-0.39, 0.29) is 11.8 Å². The van der Waals surface area contributed by atoms with Gasteiger partial charge in [0, 0.05) is 28.1 Å². The van der Waals surface area contributed by atoms with Gasteiger partial charge in [0.25, 0.3) is 11.8 Å². The summed E-state index contributed by atoms with van der Waals surface area (Å²) >= 11 is 0. The average Bonchev–Trinajstić information content (AvgIpc) is 3.54. The molecule has 0 spiro atoms. The Morgan fingerprint density at radius 3 is 2.42 bits per heavy atom. The molecule has 0 saturated heterocycles. The van der Waals surface area contributed by atoms with E-state index in [1.54, 1.807) is 0 Å². The second-order valence-corrected chi connectivity index (χ2v) is 9.65. The molecule has 36 heavy (non-hydrogen) atoms. The number of H-pyrrole nitrogens is 1. The lowest BCUT2D eigenvalue weighted by Crippen LogP contribution is -2.20. The van der Waals surface area contributed by atoms with E-state index in [2.05, 4.69) is 33.1 Å². The van der Waals surface area contributed by atoms with Crippen LogP contribution in [0, 0.1) is 0 Å². The van der Waals surface area contributed by atoms with E-state index in [4.69, 9.17) is 4.74 Å². The van der Waals surface area contributed by atoms with E-state index in [1.807, 2.05) is 48.5 Å². The fourth-order valence-corrected chi connectivity index (χ4v) is 6.27. The van der Waals surface area contributed by atoms with Crippen molar-refractivity contribution < 1.29 is 14.3 Å². The summed E-state index contributed by atoms with van der Waals surface area (Å²) in [7, 11) is 0. The third kappa shape index (κ3) is 2.45. The van der Waals surface area contributed by atoms with Crippen molar-refractivity contribution in [2.75, 3.05) is 0 Å². The number of nitrogens with zero attached hydrogens (tertiary/aromatic N) is 1. The SMILES string of the molecule is O=C1NC(=O)c2c1c1c3cccc(OCc4ccccc4)c3[nH]c1c1c2c2cccc3c2n1CCC3. The molecular formula is C30H21N3O3. The van der Waals surface area contributed by atoms with Crippen molar-refractivity contribution in [2.45, 2.75) is 26.0 Å². The van der Waals surface area contributed by atoms with Crippen molar-refractivity contribution in [1.29, 1.82) is 0 Å². The molecule has 0 unspecified atom stereocenters. The molecule has 0 atom stereocenters. The molecule has 2 amide bonds. The number of nitrogens with one attached hydrogen (secondary N) is 2. The average molecular weight is 472 g/mol. The van der Waals surface area contributed by atoms with Gasteiger partial charge in [0.2, 0.25) is 0 Å². The standard InChI is InChI=1S/C30H21N3O3/c34-29-23-21-18-11-5-13-20(36-15-16-7-2-1-3-8-16)25(18)31-26(21)28-22(24(23)30(35)32-29)19-12-4-9-17-10-6-14-33(28)27(17)19/h1-5,7-9,11-13,31H,6,10,14-15H2,(H,32,34,35). The number of amides is 2. The number of hydrogen-bond acceptors (Lipinski definition) is 3. The largest absolute Gasteiger partial charge is 0.487 e. The van der Waals surface area contributed by atoms with Gasteiger partial charge in [-0.05, 0) is 30.0 Å². The molecule has 6 heteroatoms. The number of aromatic amines is 1. The van der Waals surface area contributed by atoms with Gasteiger partial charge in [-0.2, -0.15) is 0 Å². The first-order valence-corrected chi connectivity index (χ1v) is 12.3. The van der Waals surface area contributed by atoms with Crippen LogP contribution >= 0.6 is 0 Å². The minimum atomic E-state index is -0.342. The second-order valence-electron chi connectivity index (χ2n) is 9.65. The molecule has 8 rings (SSSR count). The molecule has 6 aromatic rings. The maximum atomic E-state index is 13.2. The lowest BCUT2D eigenvalue weighted by molar-refractivity contribution is 0.0880. The summed E-state index contributed by atoms with van der Waals surface area (Å²) < 4.78 is 8.59. The molecule has 6 nitrogen and oxygen atoms in total. The van der Waals surface area contributed by atoms with E-state index >= 15 is 0 Å². The number of carbonyl (C=O) groups is 2. The first-order chi connectivity index (χ1) is 17.7. The molecule has 0 aliphatic carbocycles. The van der Waals surface area contributed by atoms with Crippen LogP contribution in [0.25, 0.3) is 43.6 Å². The maximum Gasteiger partial charge on any atom is 0.259 e. The fourth-order valence-electron chi connectivity index (χ4n) is 6.27. The van der Waals surface area contributed by atoms with Gasteiger partial charge in [-0.1, -0.05) is 60.7 Å². The number of aryl methyl sites for hydroxylation is 2. The molecule has 2 aliphatic heterocycles. The zero-order valence-electron chi connectivity index (χ0n) is 19.4. The number of hydrogen-bond donors (Lipinski definition) is 2. The number of benzene rings is 4. The van der Waals surface area contributed by atoms with Crippen LogP contribution in [0.2, 0.25) is 0 Å². The van der Waals surface area contributed by atoms with Crippen molar-refractivity contribution in [3.05, 3.63) is 89.0 Å². The van der Waals surface area contributed by atoms with E-state index in [0.29, 0.717) is 17.7 Å². The Balaban J connectivity index is 1.50. The Morgan fingerprint density at radius 2 is 1.56 bits per heavy atom. The first-order valence-electron chi connectivity index (χ1n) is 12.3. The molecule has 2 aliphatic rings. The molecule has 4 heterocycles.